The number of rotatable bonds is 4. The number of fused-ring (bicyclic) bond motifs is 1. The van der Waals surface area contributed by atoms with E-state index in [1.54, 1.807) is 26.8 Å². The van der Waals surface area contributed by atoms with Crippen LogP contribution in [0, 0.1) is 0 Å². The van der Waals surface area contributed by atoms with Crippen molar-refractivity contribution in [1.29, 1.82) is 0 Å². The molecule has 4 rings (SSSR count). The summed E-state index contributed by atoms with van der Waals surface area (Å²) in [6, 6.07) is 6.80. The van der Waals surface area contributed by atoms with Gasteiger partial charge in [-0.05, 0) is 51.3 Å². The Kier molecular flexibility index (Phi) is 4.81. The number of carbonyl (C=O) groups excluding carboxylic acids is 2. The number of nitrogens with one attached hydrogen (secondary N) is 2. The molecule has 0 unspecified atom stereocenters. The maximum atomic E-state index is 12.4. The van der Waals surface area contributed by atoms with Gasteiger partial charge in [-0.3, -0.25) is 5.32 Å². The molecule has 0 saturated heterocycles. The molecular weight excluding hydrogens is 376 g/mol. The lowest BCUT2D eigenvalue weighted by atomic mass is 10.2. The van der Waals surface area contributed by atoms with Gasteiger partial charge in [-0.15, -0.1) is 5.10 Å². The van der Waals surface area contributed by atoms with Crippen LogP contribution in [0.3, 0.4) is 0 Å². The first-order chi connectivity index (χ1) is 13.8. The lowest BCUT2D eigenvalue weighted by Crippen LogP contribution is -2.29. The van der Waals surface area contributed by atoms with Gasteiger partial charge >= 0.3 is 12.1 Å². The molecule has 1 aliphatic heterocycles. The standard InChI is InChI=1S/C20H24N4O5/c1-20(2,3)29-19(26)24-14(13-5-6-13)9-17(23-24)22-18(25)21-10-12-4-7-15-16(8-12)28-11-27-15/h4,7-9,13H,5-6,10-11H2,1-3H3,(H2,21,22,23,25). The third kappa shape index (κ3) is 4.61. The van der Waals surface area contributed by atoms with Crippen molar-refractivity contribution in [2.45, 2.75) is 51.7 Å². The van der Waals surface area contributed by atoms with Crippen LogP contribution in [0.2, 0.25) is 0 Å². The van der Waals surface area contributed by atoms with E-state index < -0.39 is 17.7 Å². The van der Waals surface area contributed by atoms with Crippen molar-refractivity contribution in [2.24, 2.45) is 0 Å². The predicted molar refractivity (Wildman–Crippen MR) is 104 cm³/mol. The van der Waals surface area contributed by atoms with Crippen LogP contribution in [0.15, 0.2) is 24.3 Å². The lowest BCUT2D eigenvalue weighted by Gasteiger charge is -2.19. The van der Waals surface area contributed by atoms with Crippen LogP contribution in [0.1, 0.15) is 50.8 Å². The van der Waals surface area contributed by atoms with Gasteiger partial charge in [-0.1, -0.05) is 6.07 Å². The molecule has 9 nitrogen and oxygen atoms in total. The topological polar surface area (TPSA) is 104 Å². The van der Waals surface area contributed by atoms with E-state index in [0.717, 1.165) is 24.1 Å². The molecule has 9 heteroatoms. The van der Waals surface area contributed by atoms with E-state index in [0.29, 0.717) is 23.9 Å². The van der Waals surface area contributed by atoms with Crippen LogP contribution in [-0.4, -0.2) is 34.3 Å². The minimum atomic E-state index is -0.626. The Morgan fingerprint density at radius 2 is 1.97 bits per heavy atom. The Morgan fingerprint density at radius 3 is 2.69 bits per heavy atom. The molecular formula is C20H24N4O5. The zero-order valence-electron chi connectivity index (χ0n) is 16.7. The second-order valence-corrected chi connectivity index (χ2v) is 8.12. The molecule has 0 bridgehead atoms. The number of hydrogen-bond acceptors (Lipinski definition) is 6. The highest BCUT2D eigenvalue weighted by Gasteiger charge is 2.32. The SMILES string of the molecule is CC(C)(C)OC(=O)n1nc(NC(=O)NCc2ccc3c(c2)OCO3)cc1C1CC1. The van der Waals surface area contributed by atoms with Gasteiger partial charge in [0.2, 0.25) is 6.79 Å². The Labute approximate surface area is 168 Å². The fourth-order valence-corrected chi connectivity index (χ4v) is 2.97. The summed E-state index contributed by atoms with van der Waals surface area (Å²) < 4.78 is 17.3. The van der Waals surface area contributed by atoms with Crippen molar-refractivity contribution in [2.75, 3.05) is 12.1 Å². The zero-order valence-corrected chi connectivity index (χ0v) is 16.7. The molecule has 29 heavy (non-hydrogen) atoms. The quantitative estimate of drug-likeness (QED) is 0.813. The van der Waals surface area contributed by atoms with E-state index in [9.17, 15) is 9.59 Å². The smallest absolute Gasteiger partial charge is 0.435 e. The summed E-state index contributed by atoms with van der Waals surface area (Å²) in [5.74, 6) is 1.93. The van der Waals surface area contributed by atoms with Gasteiger partial charge in [-0.25, -0.2) is 9.59 Å². The summed E-state index contributed by atoms with van der Waals surface area (Å²) in [4.78, 5) is 24.7. The van der Waals surface area contributed by atoms with E-state index >= 15 is 0 Å². The van der Waals surface area contributed by atoms with Gasteiger partial charge < -0.3 is 19.5 Å². The first-order valence-electron chi connectivity index (χ1n) is 9.55. The predicted octanol–water partition coefficient (Wildman–Crippen LogP) is 3.59. The van der Waals surface area contributed by atoms with Crippen LogP contribution in [0.4, 0.5) is 15.4 Å². The van der Waals surface area contributed by atoms with Crippen LogP contribution in [0.5, 0.6) is 11.5 Å². The van der Waals surface area contributed by atoms with E-state index in [1.807, 2.05) is 18.2 Å². The van der Waals surface area contributed by atoms with Gasteiger partial charge in [0.1, 0.15) is 5.60 Å². The summed E-state index contributed by atoms with van der Waals surface area (Å²) in [5.41, 5.74) is 1.01. The number of urea groups is 1. The van der Waals surface area contributed by atoms with Crippen LogP contribution in [-0.2, 0) is 11.3 Å². The molecule has 1 fully saturated rings. The van der Waals surface area contributed by atoms with Gasteiger partial charge in [0.15, 0.2) is 17.3 Å². The molecule has 2 amide bonds. The molecule has 2 heterocycles. The molecule has 1 saturated carbocycles. The van der Waals surface area contributed by atoms with Gasteiger partial charge in [0.25, 0.3) is 0 Å². The minimum Gasteiger partial charge on any atom is -0.454 e. The number of aromatic nitrogens is 2. The minimum absolute atomic E-state index is 0.205. The molecule has 2 N–H and O–H groups in total. The Morgan fingerprint density at radius 1 is 1.21 bits per heavy atom. The highest BCUT2D eigenvalue weighted by Crippen LogP contribution is 2.41. The van der Waals surface area contributed by atoms with Crippen molar-refractivity contribution in [3.8, 4) is 11.5 Å². The number of carbonyl (C=O) groups is 2. The summed E-state index contributed by atoms with van der Waals surface area (Å²) >= 11 is 0. The largest absolute Gasteiger partial charge is 0.454 e. The summed E-state index contributed by atoms with van der Waals surface area (Å²) in [6.45, 7) is 5.91. The van der Waals surface area contributed by atoms with Crippen molar-refractivity contribution < 1.29 is 23.8 Å². The molecule has 0 radical (unpaired) electrons. The monoisotopic (exact) mass is 400 g/mol. The zero-order chi connectivity index (χ0) is 20.6. The average Bonchev–Trinajstić information content (AvgIpc) is 3.23. The molecule has 2 aromatic rings. The Hall–Kier alpha value is -3.23. The average molecular weight is 400 g/mol. The number of ether oxygens (including phenoxy) is 3. The van der Waals surface area contributed by atoms with Crippen LogP contribution < -0.4 is 20.1 Å². The Bertz CT molecular complexity index is 943. The molecule has 1 aliphatic carbocycles. The summed E-state index contributed by atoms with van der Waals surface area (Å²) in [7, 11) is 0. The number of amides is 2. The molecule has 1 aromatic heterocycles. The van der Waals surface area contributed by atoms with Crippen LogP contribution >= 0.6 is 0 Å². The highest BCUT2D eigenvalue weighted by molar-refractivity contribution is 5.88. The van der Waals surface area contributed by atoms with Crippen molar-refractivity contribution in [3.63, 3.8) is 0 Å². The van der Waals surface area contributed by atoms with Crippen molar-refractivity contribution in [1.82, 2.24) is 15.1 Å². The summed E-state index contributed by atoms with van der Waals surface area (Å²) in [6.07, 6.45) is 1.43. The molecule has 2 aliphatic rings. The van der Waals surface area contributed by atoms with Gasteiger partial charge in [0.05, 0.1) is 5.69 Å². The van der Waals surface area contributed by atoms with E-state index in [2.05, 4.69) is 15.7 Å². The molecule has 0 spiro atoms. The third-order valence-electron chi connectivity index (χ3n) is 4.43. The van der Waals surface area contributed by atoms with Crippen LogP contribution in [0.25, 0.3) is 0 Å². The second-order valence-electron chi connectivity index (χ2n) is 8.12. The Balaban J connectivity index is 1.39. The lowest BCUT2D eigenvalue weighted by molar-refractivity contribution is 0.0509. The fourth-order valence-electron chi connectivity index (χ4n) is 2.97. The number of benzene rings is 1. The fraction of sp³-hybridized carbons (Fsp3) is 0.450. The van der Waals surface area contributed by atoms with Crippen molar-refractivity contribution in [3.05, 3.63) is 35.5 Å². The summed E-state index contributed by atoms with van der Waals surface area (Å²) in [5, 5.41) is 9.68. The number of nitrogens with zero attached hydrogens (tertiary/aromatic N) is 2. The molecule has 154 valence electrons. The molecule has 0 atom stereocenters. The first kappa shape index (κ1) is 19.1. The normalized spacial score (nSPS) is 15.1. The van der Waals surface area contributed by atoms with E-state index in [1.165, 1.54) is 4.68 Å². The number of hydrogen-bond donors (Lipinski definition) is 2. The number of anilines is 1. The van der Waals surface area contributed by atoms with E-state index in [4.69, 9.17) is 14.2 Å². The first-order valence-corrected chi connectivity index (χ1v) is 9.55. The maximum absolute atomic E-state index is 12.4. The highest BCUT2D eigenvalue weighted by atomic mass is 16.7. The third-order valence-corrected chi connectivity index (χ3v) is 4.43. The van der Waals surface area contributed by atoms with E-state index in [-0.39, 0.29) is 12.7 Å². The van der Waals surface area contributed by atoms with Gasteiger partial charge in [-0.2, -0.15) is 4.68 Å². The molecule has 1 aromatic carbocycles. The van der Waals surface area contributed by atoms with Crippen molar-refractivity contribution >= 4 is 17.9 Å². The van der Waals surface area contributed by atoms with Gasteiger partial charge in [0, 0.05) is 18.5 Å². The maximum Gasteiger partial charge on any atom is 0.435 e. The second kappa shape index (κ2) is 7.31.